The van der Waals surface area contributed by atoms with Gasteiger partial charge in [0.05, 0.1) is 0 Å². The first kappa shape index (κ1) is 20.5. The maximum atomic E-state index is 5.04. The molecule has 1 N–H and O–H groups in total. The Morgan fingerprint density at radius 2 is 2.04 bits per heavy atom. The molecule has 2 unspecified atom stereocenters. The molecule has 2 saturated heterocycles. The molecule has 27 heavy (non-hydrogen) atoms. The summed E-state index contributed by atoms with van der Waals surface area (Å²) in [6.45, 7) is 12.2. The van der Waals surface area contributed by atoms with Crippen molar-refractivity contribution >= 4 is 17.7 Å². The van der Waals surface area contributed by atoms with Crippen LogP contribution in [0.2, 0.25) is 0 Å². The van der Waals surface area contributed by atoms with Gasteiger partial charge in [-0.1, -0.05) is 37.3 Å². The van der Waals surface area contributed by atoms with E-state index < -0.39 is 0 Å². The van der Waals surface area contributed by atoms with E-state index in [2.05, 4.69) is 71.1 Å². The van der Waals surface area contributed by atoms with Crippen molar-refractivity contribution in [3.63, 3.8) is 0 Å². The van der Waals surface area contributed by atoms with E-state index in [9.17, 15) is 0 Å². The van der Waals surface area contributed by atoms with Gasteiger partial charge in [0, 0.05) is 50.3 Å². The fourth-order valence-corrected chi connectivity index (χ4v) is 5.18. The zero-order valence-electron chi connectivity index (χ0n) is 17.1. The molecule has 1 aromatic rings. The Morgan fingerprint density at radius 1 is 1.19 bits per heavy atom. The van der Waals surface area contributed by atoms with Crippen LogP contribution in [-0.2, 0) is 6.42 Å². The normalized spacial score (nSPS) is 24.4. The largest absolute Gasteiger partial charge is 0.357 e. The molecule has 0 amide bonds. The third-order valence-electron chi connectivity index (χ3n) is 5.66. The van der Waals surface area contributed by atoms with Crippen molar-refractivity contribution in [3.8, 4) is 0 Å². The van der Waals surface area contributed by atoms with Crippen LogP contribution in [0.25, 0.3) is 0 Å². The lowest BCUT2D eigenvalue weighted by Gasteiger charge is -2.34. The zero-order chi connectivity index (χ0) is 18.9. The van der Waals surface area contributed by atoms with Crippen molar-refractivity contribution in [1.82, 2.24) is 15.1 Å². The molecular weight excluding hydrogens is 352 g/mol. The van der Waals surface area contributed by atoms with E-state index in [-0.39, 0.29) is 0 Å². The molecule has 0 bridgehead atoms. The Balaban J connectivity index is 1.46. The first-order chi connectivity index (χ1) is 13.3. The topological polar surface area (TPSA) is 30.9 Å². The maximum absolute atomic E-state index is 5.04. The van der Waals surface area contributed by atoms with Crippen molar-refractivity contribution in [1.29, 1.82) is 0 Å². The van der Waals surface area contributed by atoms with Crippen LogP contribution < -0.4 is 5.32 Å². The summed E-state index contributed by atoms with van der Waals surface area (Å²) in [5.74, 6) is 3.06. The quantitative estimate of drug-likeness (QED) is 0.573. The molecule has 4 nitrogen and oxygen atoms in total. The first-order valence-corrected chi connectivity index (χ1v) is 11.7. The fraction of sp³-hybridized carbons (Fsp3) is 0.682. The summed E-state index contributed by atoms with van der Waals surface area (Å²) >= 11 is 2.12. The number of guanidine groups is 1. The minimum atomic E-state index is 0.704. The number of rotatable bonds is 7. The van der Waals surface area contributed by atoms with Crippen LogP contribution in [-0.4, -0.2) is 72.6 Å². The van der Waals surface area contributed by atoms with E-state index in [0.717, 1.165) is 43.8 Å². The molecule has 2 atom stereocenters. The van der Waals surface area contributed by atoms with E-state index in [0.29, 0.717) is 5.92 Å². The van der Waals surface area contributed by atoms with Crippen molar-refractivity contribution in [2.24, 2.45) is 10.9 Å². The summed E-state index contributed by atoms with van der Waals surface area (Å²) in [7, 11) is 0. The van der Waals surface area contributed by atoms with E-state index in [1.807, 2.05) is 0 Å². The smallest absolute Gasteiger partial charge is 0.193 e. The second-order valence-electron chi connectivity index (χ2n) is 7.73. The number of hydrogen-bond donors (Lipinski definition) is 1. The van der Waals surface area contributed by atoms with Gasteiger partial charge in [-0.15, -0.1) is 0 Å². The van der Waals surface area contributed by atoms with E-state index in [1.54, 1.807) is 0 Å². The lowest BCUT2D eigenvalue weighted by Crippen LogP contribution is -2.48. The summed E-state index contributed by atoms with van der Waals surface area (Å²) in [5.41, 5.74) is 1.45. The third kappa shape index (κ3) is 6.42. The van der Waals surface area contributed by atoms with Gasteiger partial charge in [0.15, 0.2) is 5.96 Å². The van der Waals surface area contributed by atoms with Crippen LogP contribution in [0.5, 0.6) is 0 Å². The SMILES string of the molecule is CCNC(=NCC1CCN(CCc2ccccc2)C1)N1CCSC(CC)C1. The van der Waals surface area contributed by atoms with E-state index in [4.69, 9.17) is 4.99 Å². The van der Waals surface area contributed by atoms with Crippen LogP contribution in [0.1, 0.15) is 32.3 Å². The molecule has 0 aliphatic carbocycles. The third-order valence-corrected chi connectivity index (χ3v) is 7.03. The van der Waals surface area contributed by atoms with Crippen molar-refractivity contribution in [2.45, 2.75) is 38.4 Å². The number of nitrogens with zero attached hydrogens (tertiary/aromatic N) is 3. The number of likely N-dealkylation sites (tertiary alicyclic amines) is 1. The molecule has 2 heterocycles. The van der Waals surface area contributed by atoms with Crippen LogP contribution in [0.15, 0.2) is 35.3 Å². The van der Waals surface area contributed by atoms with Crippen LogP contribution in [0.3, 0.4) is 0 Å². The molecule has 2 fully saturated rings. The number of benzene rings is 1. The first-order valence-electron chi connectivity index (χ1n) is 10.7. The number of aliphatic imine (C=N–C) groups is 1. The summed E-state index contributed by atoms with van der Waals surface area (Å²) in [6, 6.07) is 10.9. The van der Waals surface area contributed by atoms with Gasteiger partial charge < -0.3 is 15.1 Å². The average molecular weight is 389 g/mol. The monoisotopic (exact) mass is 388 g/mol. The Kier molecular flexibility index (Phi) is 8.34. The van der Waals surface area contributed by atoms with Gasteiger partial charge in [-0.05, 0) is 44.2 Å². The molecule has 1 aromatic carbocycles. The highest BCUT2D eigenvalue weighted by atomic mass is 32.2. The van der Waals surface area contributed by atoms with Crippen LogP contribution in [0, 0.1) is 5.92 Å². The summed E-state index contributed by atoms with van der Waals surface area (Å²) < 4.78 is 0. The van der Waals surface area contributed by atoms with Gasteiger partial charge in [0.2, 0.25) is 0 Å². The van der Waals surface area contributed by atoms with E-state index >= 15 is 0 Å². The predicted octanol–water partition coefficient (Wildman–Crippen LogP) is 3.34. The molecule has 150 valence electrons. The van der Waals surface area contributed by atoms with Crippen molar-refractivity contribution < 1.29 is 0 Å². The molecule has 0 radical (unpaired) electrons. The van der Waals surface area contributed by atoms with Gasteiger partial charge in [0.25, 0.3) is 0 Å². The lowest BCUT2D eigenvalue weighted by atomic mass is 10.1. The number of nitrogens with one attached hydrogen (secondary N) is 1. The lowest BCUT2D eigenvalue weighted by molar-refractivity contribution is 0.329. The standard InChI is InChI=1S/C22H36N4S/c1-3-21-18-26(14-15-27-21)22(23-4-2)24-16-20-11-13-25(17-20)12-10-19-8-6-5-7-9-19/h5-9,20-21H,3-4,10-18H2,1-2H3,(H,23,24). The Labute approximate surface area is 169 Å². The summed E-state index contributed by atoms with van der Waals surface area (Å²) in [5, 5.41) is 4.28. The molecule has 0 spiro atoms. The Bertz CT molecular complexity index is 577. The highest BCUT2D eigenvalue weighted by Gasteiger charge is 2.24. The van der Waals surface area contributed by atoms with Gasteiger partial charge >= 0.3 is 0 Å². The molecule has 2 aliphatic heterocycles. The zero-order valence-corrected chi connectivity index (χ0v) is 17.9. The molecule has 3 rings (SSSR count). The minimum absolute atomic E-state index is 0.704. The number of thioether (sulfide) groups is 1. The minimum Gasteiger partial charge on any atom is -0.357 e. The highest BCUT2D eigenvalue weighted by molar-refractivity contribution is 8.00. The maximum Gasteiger partial charge on any atom is 0.193 e. The van der Waals surface area contributed by atoms with Gasteiger partial charge in [0.1, 0.15) is 0 Å². The fourth-order valence-electron chi connectivity index (χ4n) is 4.00. The van der Waals surface area contributed by atoms with Gasteiger partial charge in [-0.2, -0.15) is 11.8 Å². The molecule has 5 heteroatoms. The molecule has 0 saturated carbocycles. The van der Waals surface area contributed by atoms with Crippen molar-refractivity contribution in [2.75, 3.05) is 51.6 Å². The second kappa shape index (κ2) is 11.0. The Morgan fingerprint density at radius 3 is 2.81 bits per heavy atom. The van der Waals surface area contributed by atoms with Crippen LogP contribution in [0.4, 0.5) is 0 Å². The van der Waals surface area contributed by atoms with E-state index in [1.165, 1.54) is 43.8 Å². The Hall–Kier alpha value is -1.20. The van der Waals surface area contributed by atoms with Gasteiger partial charge in [-0.25, -0.2) is 0 Å². The summed E-state index contributed by atoms with van der Waals surface area (Å²) in [6.07, 6.45) is 3.69. The second-order valence-corrected chi connectivity index (χ2v) is 9.14. The number of hydrogen-bond acceptors (Lipinski definition) is 3. The summed E-state index contributed by atoms with van der Waals surface area (Å²) in [4.78, 5) is 10.1. The predicted molar refractivity (Wildman–Crippen MR) is 119 cm³/mol. The molecule has 0 aromatic heterocycles. The van der Waals surface area contributed by atoms with Crippen LogP contribution >= 0.6 is 11.8 Å². The van der Waals surface area contributed by atoms with Gasteiger partial charge in [-0.3, -0.25) is 4.99 Å². The molecular formula is C22H36N4S. The molecule has 2 aliphatic rings. The average Bonchev–Trinajstić information content (AvgIpc) is 3.18. The highest BCUT2D eigenvalue weighted by Crippen LogP contribution is 2.22. The van der Waals surface area contributed by atoms with Crippen molar-refractivity contribution in [3.05, 3.63) is 35.9 Å².